The fourth-order valence-electron chi connectivity index (χ4n) is 3.80. The number of morpholine rings is 1. The van der Waals surface area contributed by atoms with Crippen LogP contribution in [0.4, 0.5) is 5.69 Å². The number of carbonyl (C=O) groups excluding carboxylic acids is 2. The minimum atomic E-state index is -0.563. The first-order chi connectivity index (χ1) is 14.5. The Kier molecular flexibility index (Phi) is 10.1. The monoisotopic (exact) mass is 421 g/mol. The van der Waals surface area contributed by atoms with Gasteiger partial charge in [-0.15, -0.1) is 0 Å². The number of hydrogen-bond donors (Lipinski definition) is 4. The third kappa shape index (κ3) is 7.27. The highest BCUT2D eigenvalue weighted by molar-refractivity contribution is 6.35. The molecule has 0 aromatic heterocycles. The van der Waals surface area contributed by atoms with E-state index in [4.69, 9.17) is 4.74 Å². The third-order valence-electron chi connectivity index (χ3n) is 5.88. The van der Waals surface area contributed by atoms with Gasteiger partial charge in [0.05, 0.1) is 45.9 Å². The maximum absolute atomic E-state index is 12.3. The number of likely N-dealkylation sites (N-methyl/N-ethyl adjacent to an activating group) is 1. The Balaban J connectivity index is 1.95. The van der Waals surface area contributed by atoms with Crippen LogP contribution in [0.3, 0.4) is 0 Å². The van der Waals surface area contributed by atoms with Crippen molar-refractivity contribution in [3.8, 4) is 0 Å². The Hall–Kier alpha value is -2.16. The van der Waals surface area contributed by atoms with Gasteiger partial charge < -0.3 is 30.1 Å². The van der Waals surface area contributed by atoms with Gasteiger partial charge in [-0.2, -0.15) is 0 Å². The summed E-state index contributed by atoms with van der Waals surface area (Å²) in [7, 11) is 4.03. The number of ether oxygens (including phenoxy) is 1. The van der Waals surface area contributed by atoms with Crippen LogP contribution in [-0.2, 0) is 14.3 Å². The number of benzene rings is 1. The number of anilines is 1. The van der Waals surface area contributed by atoms with E-state index in [9.17, 15) is 9.59 Å². The summed E-state index contributed by atoms with van der Waals surface area (Å²) in [5, 5.41) is 5.59. The highest BCUT2D eigenvalue weighted by Crippen LogP contribution is 2.16. The van der Waals surface area contributed by atoms with E-state index >= 15 is 0 Å². The van der Waals surface area contributed by atoms with Crippen LogP contribution in [0.15, 0.2) is 24.3 Å². The predicted molar refractivity (Wildman–Crippen MR) is 118 cm³/mol. The minimum absolute atomic E-state index is 0.0852. The molecule has 0 spiro atoms. The lowest BCUT2D eigenvalue weighted by Crippen LogP contribution is -3.15. The molecule has 1 aliphatic rings. The molecular weight excluding hydrogens is 382 g/mol. The van der Waals surface area contributed by atoms with Gasteiger partial charge in [-0.05, 0) is 26.0 Å². The molecule has 0 radical (unpaired) electrons. The quantitative estimate of drug-likeness (QED) is 0.326. The molecule has 1 aromatic carbocycles. The second kappa shape index (κ2) is 12.5. The van der Waals surface area contributed by atoms with Crippen molar-refractivity contribution in [1.29, 1.82) is 0 Å². The van der Waals surface area contributed by atoms with E-state index in [-0.39, 0.29) is 6.04 Å². The summed E-state index contributed by atoms with van der Waals surface area (Å²) in [6, 6.07) is 8.49. The van der Waals surface area contributed by atoms with Crippen molar-refractivity contribution in [2.45, 2.75) is 19.9 Å². The maximum atomic E-state index is 12.3. The number of rotatable bonds is 10. The molecule has 1 saturated heterocycles. The van der Waals surface area contributed by atoms with Gasteiger partial charge in [0, 0.05) is 25.3 Å². The van der Waals surface area contributed by atoms with Crippen molar-refractivity contribution in [2.75, 3.05) is 78.0 Å². The topological polar surface area (TPSA) is 79.5 Å². The largest absolute Gasteiger partial charge is 0.378 e. The van der Waals surface area contributed by atoms with Gasteiger partial charge in [-0.25, -0.2) is 0 Å². The van der Waals surface area contributed by atoms with E-state index in [0.717, 1.165) is 44.0 Å². The Morgan fingerprint density at radius 1 is 1.07 bits per heavy atom. The molecule has 8 heteroatoms. The van der Waals surface area contributed by atoms with Crippen molar-refractivity contribution in [3.05, 3.63) is 29.8 Å². The molecule has 4 N–H and O–H groups in total. The van der Waals surface area contributed by atoms with E-state index in [2.05, 4.69) is 53.6 Å². The summed E-state index contributed by atoms with van der Waals surface area (Å²) in [6.45, 7) is 11.2. The molecule has 168 valence electrons. The van der Waals surface area contributed by atoms with E-state index in [1.54, 1.807) is 0 Å². The molecule has 1 fully saturated rings. The second-order valence-electron chi connectivity index (χ2n) is 7.98. The molecule has 0 unspecified atom stereocenters. The van der Waals surface area contributed by atoms with Crippen LogP contribution in [0.25, 0.3) is 0 Å². The molecule has 1 aromatic rings. The zero-order valence-electron chi connectivity index (χ0n) is 18.9. The first-order valence-electron chi connectivity index (χ1n) is 11.0. The number of carbonyl (C=O) groups is 2. The zero-order chi connectivity index (χ0) is 21.9. The second-order valence-corrected chi connectivity index (χ2v) is 7.98. The van der Waals surface area contributed by atoms with Crippen LogP contribution in [-0.4, -0.2) is 84.9 Å². The number of amides is 2. The fourth-order valence-corrected chi connectivity index (χ4v) is 3.80. The van der Waals surface area contributed by atoms with Gasteiger partial charge in [-0.3, -0.25) is 9.59 Å². The molecule has 1 atom stereocenters. The zero-order valence-corrected chi connectivity index (χ0v) is 18.9. The van der Waals surface area contributed by atoms with Crippen LogP contribution < -0.4 is 25.3 Å². The summed E-state index contributed by atoms with van der Waals surface area (Å²) < 4.78 is 5.50. The number of quaternary nitrogens is 2. The molecule has 2 rings (SSSR count). The third-order valence-corrected chi connectivity index (χ3v) is 5.88. The van der Waals surface area contributed by atoms with Crippen molar-refractivity contribution < 1.29 is 24.1 Å². The van der Waals surface area contributed by atoms with Crippen molar-refractivity contribution in [2.24, 2.45) is 0 Å². The lowest BCUT2D eigenvalue weighted by molar-refractivity contribution is -0.937. The smallest absolute Gasteiger partial charge is 0.309 e. The summed E-state index contributed by atoms with van der Waals surface area (Å²) in [5.74, 6) is -1.12. The normalized spacial score (nSPS) is 15.6. The van der Waals surface area contributed by atoms with Gasteiger partial charge in [0.25, 0.3) is 0 Å². The Bertz CT molecular complexity index is 655. The van der Waals surface area contributed by atoms with Crippen LogP contribution in [0, 0.1) is 0 Å². The lowest BCUT2D eigenvalue weighted by atomic mass is 10.0. The van der Waals surface area contributed by atoms with Crippen LogP contribution in [0.2, 0.25) is 0 Å². The minimum Gasteiger partial charge on any atom is -0.378 e. The number of nitrogens with zero attached hydrogens (tertiary/aromatic N) is 1. The Morgan fingerprint density at radius 2 is 1.67 bits per heavy atom. The first kappa shape index (κ1) is 24.1. The van der Waals surface area contributed by atoms with Crippen molar-refractivity contribution >= 4 is 17.5 Å². The summed E-state index contributed by atoms with van der Waals surface area (Å²) >= 11 is 0. The van der Waals surface area contributed by atoms with E-state index in [1.165, 1.54) is 9.80 Å². The lowest BCUT2D eigenvalue weighted by Gasteiger charge is -2.32. The summed E-state index contributed by atoms with van der Waals surface area (Å²) in [4.78, 5) is 29.4. The molecule has 8 nitrogen and oxygen atoms in total. The molecule has 30 heavy (non-hydrogen) atoms. The standard InChI is InChI=1S/C22H37N5O3/c1-5-26(6-2)12-11-23-21(28)22(29)24-17-20(27-13-15-30-16-14-27)18-7-9-19(10-8-18)25(3)4/h7-10,20H,5-6,11-17H2,1-4H3,(H,23,28)(H,24,29)/p+2/t20-/m1/s1. The van der Waals surface area contributed by atoms with Gasteiger partial charge in [0.1, 0.15) is 19.1 Å². The Labute approximate surface area is 180 Å². The van der Waals surface area contributed by atoms with Gasteiger partial charge >= 0.3 is 11.8 Å². The highest BCUT2D eigenvalue weighted by Gasteiger charge is 2.28. The molecule has 0 saturated carbocycles. The molecular formula is C22H39N5O3+2. The number of nitrogens with one attached hydrogen (secondary N) is 4. The first-order valence-corrected chi connectivity index (χ1v) is 11.0. The van der Waals surface area contributed by atoms with Crippen LogP contribution in [0.5, 0.6) is 0 Å². The van der Waals surface area contributed by atoms with Crippen LogP contribution in [0.1, 0.15) is 25.5 Å². The van der Waals surface area contributed by atoms with Gasteiger partial charge in [0.15, 0.2) is 0 Å². The Morgan fingerprint density at radius 3 is 2.23 bits per heavy atom. The molecule has 0 bridgehead atoms. The van der Waals surface area contributed by atoms with Crippen molar-refractivity contribution in [1.82, 2.24) is 10.6 Å². The van der Waals surface area contributed by atoms with Crippen molar-refractivity contribution in [3.63, 3.8) is 0 Å². The average Bonchev–Trinajstić information content (AvgIpc) is 2.77. The van der Waals surface area contributed by atoms with Gasteiger partial charge in [-0.1, -0.05) is 12.1 Å². The molecule has 2 amide bonds. The summed E-state index contributed by atoms with van der Waals surface area (Å²) in [5.41, 5.74) is 2.29. The molecule has 1 heterocycles. The van der Waals surface area contributed by atoms with E-state index in [1.807, 2.05) is 14.1 Å². The SMILES string of the molecule is CC[NH+](CC)CCNC(=O)C(=O)NC[C@H](c1ccc(N(C)C)cc1)[NH+]1CCOCC1. The van der Waals surface area contributed by atoms with Crippen LogP contribution >= 0.6 is 0 Å². The predicted octanol–water partition coefficient (Wildman–Crippen LogP) is -2.13. The highest BCUT2D eigenvalue weighted by atomic mass is 16.5. The number of hydrogen-bond acceptors (Lipinski definition) is 4. The molecule has 0 aliphatic carbocycles. The molecule has 1 aliphatic heterocycles. The summed E-state index contributed by atoms with van der Waals surface area (Å²) in [6.07, 6.45) is 0. The average molecular weight is 422 g/mol. The maximum Gasteiger partial charge on any atom is 0.309 e. The van der Waals surface area contributed by atoms with Gasteiger partial charge in [0.2, 0.25) is 0 Å². The fraction of sp³-hybridized carbons (Fsp3) is 0.636. The van der Waals surface area contributed by atoms with E-state index < -0.39 is 11.8 Å². The van der Waals surface area contributed by atoms with E-state index in [0.29, 0.717) is 26.3 Å².